The largest absolute Gasteiger partial charge is 0.390 e. The third-order valence-electron chi connectivity index (χ3n) is 3.70. The highest BCUT2D eigenvalue weighted by molar-refractivity contribution is 5.18. The molecule has 0 saturated carbocycles. The average Bonchev–Trinajstić information content (AvgIpc) is 2.29. The highest BCUT2D eigenvalue weighted by atomic mass is 16.3. The van der Waals surface area contributed by atoms with E-state index in [1.54, 1.807) is 0 Å². The van der Waals surface area contributed by atoms with Crippen molar-refractivity contribution in [3.8, 4) is 0 Å². The van der Waals surface area contributed by atoms with E-state index in [1.165, 1.54) is 5.56 Å². The van der Waals surface area contributed by atoms with E-state index < -0.39 is 5.60 Å². The van der Waals surface area contributed by atoms with E-state index >= 15 is 0 Å². The van der Waals surface area contributed by atoms with Gasteiger partial charge in [-0.05, 0) is 32.3 Å². The fraction of sp³-hybridized carbons (Fsp3) is 0.571. The van der Waals surface area contributed by atoms with E-state index in [0.29, 0.717) is 6.04 Å². The molecule has 0 spiro atoms. The van der Waals surface area contributed by atoms with Crippen LogP contribution in [0, 0.1) is 0 Å². The number of rotatable bonds is 2. The second-order valence-electron chi connectivity index (χ2n) is 5.12. The van der Waals surface area contributed by atoms with Gasteiger partial charge >= 0.3 is 0 Å². The zero-order chi connectivity index (χ0) is 11.6. The summed E-state index contributed by atoms with van der Waals surface area (Å²) in [5.41, 5.74) is 0.913. The van der Waals surface area contributed by atoms with Crippen molar-refractivity contribution in [3.05, 3.63) is 35.9 Å². The number of hydrogen-bond donors (Lipinski definition) is 1. The van der Waals surface area contributed by atoms with Gasteiger partial charge in [0.2, 0.25) is 0 Å². The molecule has 2 heteroatoms. The van der Waals surface area contributed by atoms with Crippen molar-refractivity contribution in [3.63, 3.8) is 0 Å². The molecule has 1 atom stereocenters. The summed E-state index contributed by atoms with van der Waals surface area (Å²) in [5.74, 6) is 0. The van der Waals surface area contributed by atoms with E-state index in [2.05, 4.69) is 42.2 Å². The molecule has 2 rings (SSSR count). The van der Waals surface area contributed by atoms with Crippen LogP contribution in [-0.2, 0) is 0 Å². The average molecular weight is 219 g/mol. The lowest BCUT2D eigenvalue weighted by atomic mass is 9.92. The van der Waals surface area contributed by atoms with Gasteiger partial charge in [0.25, 0.3) is 0 Å². The molecule has 0 bridgehead atoms. The van der Waals surface area contributed by atoms with Crippen LogP contribution in [-0.4, -0.2) is 28.7 Å². The third-order valence-corrected chi connectivity index (χ3v) is 3.70. The molecule has 1 heterocycles. The number of likely N-dealkylation sites (tertiary alicyclic amines) is 1. The zero-order valence-electron chi connectivity index (χ0n) is 10.2. The first-order valence-corrected chi connectivity index (χ1v) is 6.10. The molecule has 88 valence electrons. The minimum Gasteiger partial charge on any atom is -0.390 e. The van der Waals surface area contributed by atoms with Crippen LogP contribution in [0.5, 0.6) is 0 Å². The van der Waals surface area contributed by atoms with Crippen LogP contribution < -0.4 is 0 Å². The van der Waals surface area contributed by atoms with Gasteiger partial charge in [0, 0.05) is 19.1 Å². The van der Waals surface area contributed by atoms with Crippen LogP contribution in [0.25, 0.3) is 0 Å². The van der Waals surface area contributed by atoms with Crippen molar-refractivity contribution in [2.45, 2.75) is 38.3 Å². The Morgan fingerprint density at radius 2 is 1.75 bits per heavy atom. The van der Waals surface area contributed by atoms with Crippen molar-refractivity contribution in [2.75, 3.05) is 13.1 Å². The Morgan fingerprint density at radius 1 is 1.19 bits per heavy atom. The van der Waals surface area contributed by atoms with Gasteiger partial charge in [-0.1, -0.05) is 30.3 Å². The van der Waals surface area contributed by atoms with Crippen LogP contribution in [0.3, 0.4) is 0 Å². The molecule has 0 aliphatic carbocycles. The first-order chi connectivity index (χ1) is 7.58. The van der Waals surface area contributed by atoms with E-state index in [1.807, 2.05) is 6.92 Å². The quantitative estimate of drug-likeness (QED) is 0.826. The summed E-state index contributed by atoms with van der Waals surface area (Å²) in [6.07, 6.45) is 1.76. The van der Waals surface area contributed by atoms with Crippen molar-refractivity contribution in [1.29, 1.82) is 0 Å². The Morgan fingerprint density at radius 3 is 2.31 bits per heavy atom. The molecule has 0 amide bonds. The van der Waals surface area contributed by atoms with E-state index in [0.717, 1.165) is 25.9 Å². The molecule has 1 saturated heterocycles. The third kappa shape index (κ3) is 2.63. The first kappa shape index (κ1) is 11.6. The summed E-state index contributed by atoms with van der Waals surface area (Å²) in [6, 6.07) is 11.0. The van der Waals surface area contributed by atoms with Gasteiger partial charge in [0.15, 0.2) is 0 Å². The van der Waals surface area contributed by atoms with Gasteiger partial charge in [-0.15, -0.1) is 0 Å². The molecular weight excluding hydrogens is 198 g/mol. The first-order valence-electron chi connectivity index (χ1n) is 6.10. The lowest BCUT2D eigenvalue weighted by Gasteiger charge is -2.39. The van der Waals surface area contributed by atoms with Crippen molar-refractivity contribution in [2.24, 2.45) is 0 Å². The molecule has 0 radical (unpaired) electrons. The molecule has 1 aromatic rings. The number of piperidine rings is 1. The van der Waals surface area contributed by atoms with E-state index in [9.17, 15) is 5.11 Å². The number of aliphatic hydroxyl groups is 1. The zero-order valence-corrected chi connectivity index (χ0v) is 10.2. The topological polar surface area (TPSA) is 23.5 Å². The summed E-state index contributed by atoms with van der Waals surface area (Å²) >= 11 is 0. The van der Waals surface area contributed by atoms with Crippen LogP contribution in [0.1, 0.15) is 38.3 Å². The molecule has 1 aromatic carbocycles. The fourth-order valence-electron chi connectivity index (χ4n) is 2.34. The lowest BCUT2D eigenvalue weighted by Crippen LogP contribution is -2.43. The highest BCUT2D eigenvalue weighted by Crippen LogP contribution is 2.28. The predicted octanol–water partition coefficient (Wildman–Crippen LogP) is 2.59. The molecular formula is C14H21NO. The maximum absolute atomic E-state index is 9.92. The Bertz CT molecular complexity index is 324. The molecule has 16 heavy (non-hydrogen) atoms. The van der Waals surface area contributed by atoms with E-state index in [-0.39, 0.29) is 0 Å². The van der Waals surface area contributed by atoms with Crippen molar-refractivity contribution < 1.29 is 5.11 Å². The Hall–Kier alpha value is -0.860. The summed E-state index contributed by atoms with van der Waals surface area (Å²) in [7, 11) is 0. The molecule has 1 aliphatic rings. The van der Waals surface area contributed by atoms with Crippen molar-refractivity contribution >= 4 is 0 Å². The van der Waals surface area contributed by atoms with Crippen LogP contribution in [0.4, 0.5) is 0 Å². The van der Waals surface area contributed by atoms with Gasteiger partial charge in [-0.25, -0.2) is 0 Å². The number of benzene rings is 1. The Labute approximate surface area is 97.9 Å². The maximum Gasteiger partial charge on any atom is 0.0644 e. The minimum atomic E-state index is -0.451. The van der Waals surface area contributed by atoms with Gasteiger partial charge in [-0.3, -0.25) is 4.90 Å². The van der Waals surface area contributed by atoms with Crippen LogP contribution in [0.15, 0.2) is 30.3 Å². The standard InChI is InChI=1S/C14H21NO/c1-12(13-6-4-3-5-7-13)15-10-8-14(2,16)9-11-15/h3-7,12,16H,8-11H2,1-2H3. The van der Waals surface area contributed by atoms with Gasteiger partial charge in [0.1, 0.15) is 0 Å². The van der Waals surface area contributed by atoms with Gasteiger partial charge in [-0.2, -0.15) is 0 Å². The minimum absolute atomic E-state index is 0.451. The van der Waals surface area contributed by atoms with Gasteiger partial charge < -0.3 is 5.11 Å². The number of nitrogens with zero attached hydrogens (tertiary/aromatic N) is 1. The summed E-state index contributed by atoms with van der Waals surface area (Å²) < 4.78 is 0. The van der Waals surface area contributed by atoms with Gasteiger partial charge in [0.05, 0.1) is 5.60 Å². The smallest absolute Gasteiger partial charge is 0.0644 e. The second-order valence-corrected chi connectivity index (χ2v) is 5.12. The molecule has 1 fully saturated rings. The molecule has 0 aromatic heterocycles. The predicted molar refractivity (Wildman–Crippen MR) is 66.3 cm³/mol. The van der Waals surface area contributed by atoms with Crippen molar-refractivity contribution in [1.82, 2.24) is 4.90 Å². The Balaban J connectivity index is 2.00. The van der Waals surface area contributed by atoms with Crippen LogP contribution >= 0.6 is 0 Å². The molecule has 1 unspecified atom stereocenters. The summed E-state index contributed by atoms with van der Waals surface area (Å²) in [4.78, 5) is 2.45. The monoisotopic (exact) mass is 219 g/mol. The highest BCUT2D eigenvalue weighted by Gasteiger charge is 2.29. The van der Waals surface area contributed by atoms with E-state index in [4.69, 9.17) is 0 Å². The molecule has 1 N–H and O–H groups in total. The summed E-state index contributed by atoms with van der Waals surface area (Å²) in [6.45, 7) is 6.17. The maximum atomic E-state index is 9.92. The molecule has 2 nitrogen and oxygen atoms in total. The fourth-order valence-corrected chi connectivity index (χ4v) is 2.34. The number of hydrogen-bond acceptors (Lipinski definition) is 2. The normalized spacial score (nSPS) is 22.9. The Kier molecular flexibility index (Phi) is 3.31. The SMILES string of the molecule is CC(c1ccccc1)N1CCC(C)(O)CC1. The van der Waals surface area contributed by atoms with Crippen LogP contribution in [0.2, 0.25) is 0 Å². The summed E-state index contributed by atoms with van der Waals surface area (Å²) in [5, 5.41) is 9.92. The lowest BCUT2D eigenvalue weighted by molar-refractivity contribution is -0.0149. The second kappa shape index (κ2) is 4.56. The molecule has 1 aliphatic heterocycles.